The molecule has 0 aliphatic rings. The number of carbonyl (C=O) groups excluding carboxylic acids is 2. The Labute approximate surface area is 95.5 Å². The predicted octanol–water partition coefficient (Wildman–Crippen LogP) is 0.756. The number of nitriles is 1. The molecule has 0 spiro atoms. The maximum absolute atomic E-state index is 12.0. The van der Waals surface area contributed by atoms with Crippen molar-refractivity contribution in [3.63, 3.8) is 0 Å². The molecule has 0 heterocycles. The van der Waals surface area contributed by atoms with Crippen LogP contribution in [0.2, 0.25) is 0 Å². The molecule has 0 rings (SSSR count). The highest BCUT2D eigenvalue weighted by molar-refractivity contribution is 5.87. The van der Waals surface area contributed by atoms with Crippen LogP contribution >= 0.6 is 0 Å². The Bertz CT molecular complexity index is 333. The topological polar surface area (TPSA) is 79.2 Å². The van der Waals surface area contributed by atoms with E-state index in [4.69, 9.17) is 5.26 Å². The number of nitrogens with zero attached hydrogens (tertiary/aromatic N) is 1. The first-order valence-electron chi connectivity index (χ1n) is 4.61. The van der Waals surface area contributed by atoms with E-state index >= 15 is 0 Å². The van der Waals surface area contributed by atoms with Crippen LogP contribution < -0.4 is 5.32 Å². The molecule has 0 aromatic heterocycles. The van der Waals surface area contributed by atoms with Crippen molar-refractivity contribution in [2.75, 3.05) is 6.61 Å². The average Bonchev–Trinajstić information content (AvgIpc) is 2.20. The van der Waals surface area contributed by atoms with Gasteiger partial charge in [-0.1, -0.05) is 13.8 Å². The van der Waals surface area contributed by atoms with Crippen molar-refractivity contribution in [1.29, 1.82) is 5.26 Å². The summed E-state index contributed by atoms with van der Waals surface area (Å²) in [6.07, 6.45) is -5.07. The second kappa shape index (κ2) is 6.08. The van der Waals surface area contributed by atoms with Crippen LogP contribution in [-0.4, -0.2) is 30.7 Å². The average molecular weight is 252 g/mol. The van der Waals surface area contributed by atoms with Gasteiger partial charge < -0.3 is 10.1 Å². The van der Waals surface area contributed by atoms with Crippen molar-refractivity contribution in [1.82, 2.24) is 5.32 Å². The summed E-state index contributed by atoms with van der Waals surface area (Å²) in [7, 11) is 0. The fourth-order valence-corrected chi connectivity index (χ4v) is 0.914. The molecule has 0 aliphatic heterocycles. The van der Waals surface area contributed by atoms with E-state index in [1.807, 2.05) is 0 Å². The van der Waals surface area contributed by atoms with Crippen LogP contribution in [0.3, 0.4) is 0 Å². The van der Waals surface area contributed by atoms with Crippen molar-refractivity contribution >= 4 is 11.9 Å². The number of carbonyl (C=O) groups is 2. The molecule has 1 amide bonds. The maximum Gasteiger partial charge on any atom is 0.471 e. The monoisotopic (exact) mass is 252 g/mol. The maximum atomic E-state index is 12.0. The summed E-state index contributed by atoms with van der Waals surface area (Å²) in [5, 5.41) is 9.67. The minimum atomic E-state index is -5.07. The van der Waals surface area contributed by atoms with Crippen LogP contribution in [0, 0.1) is 17.2 Å². The van der Waals surface area contributed by atoms with Crippen molar-refractivity contribution in [3.05, 3.63) is 0 Å². The number of halogens is 3. The fourth-order valence-electron chi connectivity index (χ4n) is 0.914. The predicted molar refractivity (Wildman–Crippen MR) is 49.4 cm³/mol. The normalized spacial score (nSPS) is 12.8. The minimum Gasteiger partial charge on any atom is -0.449 e. The zero-order chi connectivity index (χ0) is 13.6. The molecule has 0 fully saturated rings. The van der Waals surface area contributed by atoms with E-state index in [2.05, 4.69) is 4.74 Å². The molecule has 1 atom stereocenters. The Balaban J connectivity index is 4.62. The van der Waals surface area contributed by atoms with Gasteiger partial charge in [-0.2, -0.15) is 18.4 Å². The Hall–Kier alpha value is -1.78. The standard InChI is InChI=1S/C9H11F3N2O3/c1-5(2)6(7(15)17-4-3-13)14-8(16)9(10,11)12/h5-6H,4H2,1-2H3,(H,14,16). The SMILES string of the molecule is CC(C)C(NC(=O)C(F)(F)F)C(=O)OCC#N. The van der Waals surface area contributed by atoms with E-state index in [1.54, 1.807) is 0 Å². The number of alkyl halides is 3. The molecule has 0 saturated heterocycles. The van der Waals surface area contributed by atoms with Gasteiger partial charge in [0.1, 0.15) is 12.1 Å². The first-order chi connectivity index (χ1) is 7.70. The van der Waals surface area contributed by atoms with Crippen molar-refractivity contribution in [2.24, 2.45) is 5.92 Å². The van der Waals surface area contributed by atoms with Crippen LogP contribution in [0.25, 0.3) is 0 Å². The Morgan fingerprint density at radius 2 is 1.94 bits per heavy atom. The number of hydrogen-bond donors (Lipinski definition) is 1. The molecular formula is C9H11F3N2O3. The third-order valence-electron chi connectivity index (χ3n) is 1.74. The number of esters is 1. The van der Waals surface area contributed by atoms with Gasteiger partial charge in [-0.25, -0.2) is 4.79 Å². The van der Waals surface area contributed by atoms with E-state index < -0.39 is 36.6 Å². The van der Waals surface area contributed by atoms with Crippen molar-refractivity contribution in [3.8, 4) is 6.07 Å². The summed E-state index contributed by atoms with van der Waals surface area (Å²) in [5.41, 5.74) is 0. The Kier molecular flexibility index (Phi) is 5.44. The van der Waals surface area contributed by atoms with Crippen molar-refractivity contribution in [2.45, 2.75) is 26.1 Å². The highest BCUT2D eigenvalue weighted by Crippen LogP contribution is 2.16. The van der Waals surface area contributed by atoms with Gasteiger partial charge in [0.15, 0.2) is 6.61 Å². The Morgan fingerprint density at radius 1 is 1.41 bits per heavy atom. The highest BCUT2D eigenvalue weighted by atomic mass is 19.4. The van der Waals surface area contributed by atoms with E-state index in [-0.39, 0.29) is 0 Å². The number of rotatable bonds is 4. The van der Waals surface area contributed by atoms with Gasteiger partial charge in [-0.05, 0) is 5.92 Å². The third kappa shape index (κ3) is 5.19. The second-order valence-corrected chi connectivity index (χ2v) is 3.46. The van der Waals surface area contributed by atoms with Crippen LogP contribution in [0.5, 0.6) is 0 Å². The molecule has 1 unspecified atom stereocenters. The molecule has 0 bridgehead atoms. The summed E-state index contributed by atoms with van der Waals surface area (Å²) in [6.45, 7) is 2.30. The number of ether oxygens (including phenoxy) is 1. The molecule has 0 aliphatic carbocycles. The van der Waals surface area contributed by atoms with Gasteiger partial charge >= 0.3 is 18.1 Å². The van der Waals surface area contributed by atoms with Crippen LogP contribution in [-0.2, 0) is 14.3 Å². The quantitative estimate of drug-likeness (QED) is 0.749. The lowest BCUT2D eigenvalue weighted by atomic mass is 10.0. The number of hydrogen-bond acceptors (Lipinski definition) is 4. The van der Waals surface area contributed by atoms with Gasteiger partial charge in [0.25, 0.3) is 0 Å². The fraction of sp³-hybridized carbons (Fsp3) is 0.667. The van der Waals surface area contributed by atoms with E-state index in [9.17, 15) is 22.8 Å². The zero-order valence-corrected chi connectivity index (χ0v) is 9.17. The van der Waals surface area contributed by atoms with Gasteiger partial charge in [0.2, 0.25) is 0 Å². The smallest absolute Gasteiger partial charge is 0.449 e. The molecule has 96 valence electrons. The van der Waals surface area contributed by atoms with Crippen LogP contribution in [0.15, 0.2) is 0 Å². The molecule has 8 heteroatoms. The van der Waals surface area contributed by atoms with Gasteiger partial charge in [0.05, 0.1) is 0 Å². The Morgan fingerprint density at radius 3 is 2.29 bits per heavy atom. The van der Waals surface area contributed by atoms with E-state index in [0.29, 0.717) is 0 Å². The number of amides is 1. The third-order valence-corrected chi connectivity index (χ3v) is 1.74. The lowest BCUT2D eigenvalue weighted by Crippen LogP contribution is -2.50. The molecule has 0 saturated carbocycles. The highest BCUT2D eigenvalue weighted by Gasteiger charge is 2.41. The molecule has 17 heavy (non-hydrogen) atoms. The van der Waals surface area contributed by atoms with E-state index in [1.165, 1.54) is 25.2 Å². The van der Waals surface area contributed by atoms with Crippen LogP contribution in [0.1, 0.15) is 13.8 Å². The molecule has 1 N–H and O–H groups in total. The lowest BCUT2D eigenvalue weighted by Gasteiger charge is -2.20. The minimum absolute atomic E-state index is 0.579. The molecular weight excluding hydrogens is 241 g/mol. The first kappa shape index (κ1) is 15.2. The molecule has 0 radical (unpaired) electrons. The second-order valence-electron chi connectivity index (χ2n) is 3.46. The first-order valence-corrected chi connectivity index (χ1v) is 4.61. The summed E-state index contributed by atoms with van der Waals surface area (Å²) in [6, 6.07) is 0.0651. The summed E-state index contributed by atoms with van der Waals surface area (Å²) >= 11 is 0. The number of nitrogens with one attached hydrogen (secondary N) is 1. The van der Waals surface area contributed by atoms with Gasteiger partial charge in [-0.15, -0.1) is 0 Å². The molecule has 0 aromatic rings. The summed E-state index contributed by atoms with van der Waals surface area (Å²) in [5.74, 6) is -3.88. The van der Waals surface area contributed by atoms with Gasteiger partial charge in [0, 0.05) is 0 Å². The van der Waals surface area contributed by atoms with Gasteiger partial charge in [-0.3, -0.25) is 4.79 Å². The van der Waals surface area contributed by atoms with Crippen molar-refractivity contribution < 1.29 is 27.5 Å². The lowest BCUT2D eigenvalue weighted by molar-refractivity contribution is -0.176. The van der Waals surface area contributed by atoms with E-state index in [0.717, 1.165) is 0 Å². The van der Waals surface area contributed by atoms with Crippen LogP contribution in [0.4, 0.5) is 13.2 Å². The summed E-state index contributed by atoms with van der Waals surface area (Å²) < 4.78 is 40.3. The largest absolute Gasteiger partial charge is 0.471 e. The summed E-state index contributed by atoms with van der Waals surface area (Å²) in [4.78, 5) is 21.9. The zero-order valence-electron chi connectivity index (χ0n) is 9.17. The molecule has 0 aromatic carbocycles. The molecule has 5 nitrogen and oxygen atoms in total.